The second-order valence-corrected chi connectivity index (χ2v) is 4.20. The van der Waals surface area contributed by atoms with Gasteiger partial charge in [-0.3, -0.25) is 9.69 Å². The Morgan fingerprint density at radius 2 is 1.94 bits per heavy atom. The monoisotopic (exact) mass is 237 g/mol. The number of likely N-dealkylation sites (N-methyl/N-ethyl adjacent to an activating group) is 1. The van der Waals surface area contributed by atoms with Crippen LogP contribution in [0.4, 0.5) is 0 Å². The molecule has 94 valence electrons. The van der Waals surface area contributed by atoms with E-state index in [0.717, 1.165) is 12.0 Å². The van der Waals surface area contributed by atoms with Crippen LogP contribution in [-0.2, 0) is 11.2 Å². The summed E-state index contributed by atoms with van der Waals surface area (Å²) in [7, 11) is 1.68. The Bertz CT molecular complexity index is 361. The fraction of sp³-hybridized carbons (Fsp3) is 0.462. The van der Waals surface area contributed by atoms with Crippen LogP contribution in [0.1, 0.15) is 24.2 Å². The van der Waals surface area contributed by atoms with Crippen LogP contribution in [0.15, 0.2) is 24.3 Å². The molecule has 0 saturated heterocycles. The van der Waals surface area contributed by atoms with Gasteiger partial charge in [-0.1, -0.05) is 31.2 Å². The van der Waals surface area contributed by atoms with Crippen LogP contribution in [0.2, 0.25) is 0 Å². The van der Waals surface area contributed by atoms with Crippen molar-refractivity contribution in [3.8, 4) is 0 Å². The van der Waals surface area contributed by atoms with Crippen molar-refractivity contribution in [2.24, 2.45) is 0 Å². The van der Waals surface area contributed by atoms with Crippen LogP contribution < -0.4 is 0 Å². The molecule has 0 aliphatic heterocycles. The molecule has 0 aromatic heterocycles. The lowest BCUT2D eigenvalue weighted by Gasteiger charge is -2.19. The third kappa shape index (κ3) is 4.54. The number of rotatable bonds is 6. The lowest BCUT2D eigenvalue weighted by Crippen LogP contribution is -2.29. The molecule has 0 heterocycles. The number of carbonyl (C=O) groups is 1. The van der Waals surface area contributed by atoms with E-state index in [0.29, 0.717) is 6.54 Å². The van der Waals surface area contributed by atoms with Crippen molar-refractivity contribution in [1.29, 1.82) is 0 Å². The Kier molecular flexibility index (Phi) is 5.12. The van der Waals surface area contributed by atoms with Gasteiger partial charge in [-0.25, -0.2) is 0 Å². The smallest absolute Gasteiger partial charge is 0.317 e. The molecule has 0 aliphatic rings. The van der Waals surface area contributed by atoms with Crippen LogP contribution in [0, 0.1) is 0 Å². The van der Waals surface area contributed by atoms with Crippen molar-refractivity contribution in [1.82, 2.24) is 4.90 Å². The van der Waals surface area contributed by atoms with E-state index in [9.17, 15) is 9.90 Å². The summed E-state index contributed by atoms with van der Waals surface area (Å²) in [5.41, 5.74) is 2.04. The van der Waals surface area contributed by atoms with Crippen molar-refractivity contribution in [3.05, 3.63) is 35.4 Å². The summed E-state index contributed by atoms with van der Waals surface area (Å²) < 4.78 is 0. The number of carboxylic acid groups (broad SMARTS) is 1. The number of aryl methyl sites for hydroxylation is 1. The molecule has 4 heteroatoms. The molecule has 0 spiro atoms. The minimum atomic E-state index is -0.888. The summed E-state index contributed by atoms with van der Waals surface area (Å²) in [5, 5.41) is 18.5. The van der Waals surface area contributed by atoms with Gasteiger partial charge in [0, 0.05) is 6.54 Å². The number of aliphatic carboxylic acids is 1. The van der Waals surface area contributed by atoms with Crippen molar-refractivity contribution in [2.75, 3.05) is 20.1 Å². The highest BCUT2D eigenvalue weighted by atomic mass is 16.4. The molecular weight excluding hydrogens is 218 g/mol. The van der Waals surface area contributed by atoms with Crippen LogP contribution >= 0.6 is 0 Å². The van der Waals surface area contributed by atoms with Crippen LogP contribution in [0.5, 0.6) is 0 Å². The number of hydrogen-bond donors (Lipinski definition) is 2. The zero-order valence-electron chi connectivity index (χ0n) is 10.3. The SMILES string of the molecule is CCc1ccc(C(O)CN(C)CC(=O)O)cc1. The highest BCUT2D eigenvalue weighted by Crippen LogP contribution is 2.15. The zero-order valence-corrected chi connectivity index (χ0v) is 10.3. The summed E-state index contributed by atoms with van der Waals surface area (Å²) in [6, 6.07) is 7.74. The topological polar surface area (TPSA) is 60.8 Å². The molecule has 2 N–H and O–H groups in total. The first-order valence-corrected chi connectivity index (χ1v) is 5.70. The minimum absolute atomic E-state index is 0.0654. The zero-order chi connectivity index (χ0) is 12.8. The van der Waals surface area contributed by atoms with Gasteiger partial charge in [0.1, 0.15) is 0 Å². The average Bonchev–Trinajstić information content (AvgIpc) is 2.28. The van der Waals surface area contributed by atoms with Crippen LogP contribution in [0.25, 0.3) is 0 Å². The van der Waals surface area contributed by atoms with Gasteiger partial charge in [0.05, 0.1) is 12.6 Å². The Morgan fingerprint density at radius 3 is 2.41 bits per heavy atom. The molecule has 1 aromatic rings. The summed E-state index contributed by atoms with van der Waals surface area (Å²) in [4.78, 5) is 12.1. The highest BCUT2D eigenvalue weighted by molar-refractivity contribution is 5.69. The lowest BCUT2D eigenvalue weighted by molar-refractivity contribution is -0.138. The molecule has 0 amide bonds. The van der Waals surface area contributed by atoms with Gasteiger partial charge in [-0.15, -0.1) is 0 Å². The molecule has 17 heavy (non-hydrogen) atoms. The number of benzene rings is 1. The maximum absolute atomic E-state index is 10.5. The first-order valence-electron chi connectivity index (χ1n) is 5.70. The second kappa shape index (κ2) is 6.37. The molecule has 4 nitrogen and oxygen atoms in total. The van der Waals surface area contributed by atoms with Gasteiger partial charge < -0.3 is 10.2 Å². The minimum Gasteiger partial charge on any atom is -0.480 e. The Balaban J connectivity index is 2.56. The molecular formula is C13H19NO3. The van der Waals surface area contributed by atoms with E-state index < -0.39 is 12.1 Å². The van der Waals surface area contributed by atoms with Gasteiger partial charge in [-0.05, 0) is 24.6 Å². The fourth-order valence-corrected chi connectivity index (χ4v) is 1.67. The van der Waals surface area contributed by atoms with E-state index >= 15 is 0 Å². The number of carboxylic acids is 1. The molecule has 1 atom stereocenters. The predicted molar refractivity (Wildman–Crippen MR) is 65.9 cm³/mol. The Morgan fingerprint density at radius 1 is 1.35 bits per heavy atom. The molecule has 0 fully saturated rings. The van der Waals surface area contributed by atoms with Crippen molar-refractivity contribution < 1.29 is 15.0 Å². The Hall–Kier alpha value is -1.39. The third-order valence-corrected chi connectivity index (χ3v) is 2.66. The first kappa shape index (κ1) is 13.7. The molecule has 0 saturated carbocycles. The number of nitrogens with zero attached hydrogens (tertiary/aromatic N) is 1. The lowest BCUT2D eigenvalue weighted by atomic mass is 10.1. The summed E-state index contributed by atoms with van der Waals surface area (Å²) >= 11 is 0. The van der Waals surface area contributed by atoms with Gasteiger partial charge in [0.2, 0.25) is 0 Å². The molecule has 0 bridgehead atoms. The predicted octanol–water partition coefficient (Wildman–Crippen LogP) is 1.30. The number of aliphatic hydroxyl groups is 1. The largest absolute Gasteiger partial charge is 0.480 e. The van der Waals surface area contributed by atoms with E-state index in [1.807, 2.05) is 24.3 Å². The molecule has 0 aliphatic carbocycles. The summed E-state index contributed by atoms with van der Waals surface area (Å²) in [6.45, 7) is 2.33. The summed E-state index contributed by atoms with van der Waals surface area (Å²) in [6.07, 6.45) is 0.320. The normalized spacial score (nSPS) is 12.7. The molecule has 1 rings (SSSR count). The number of hydrogen-bond acceptors (Lipinski definition) is 3. The van der Waals surface area contributed by atoms with Crippen molar-refractivity contribution in [3.63, 3.8) is 0 Å². The maximum atomic E-state index is 10.5. The van der Waals surface area contributed by atoms with E-state index in [2.05, 4.69) is 6.92 Å². The average molecular weight is 237 g/mol. The standard InChI is InChI=1S/C13H19NO3/c1-3-10-4-6-11(7-5-10)12(15)8-14(2)9-13(16)17/h4-7,12,15H,3,8-9H2,1-2H3,(H,16,17). The number of aliphatic hydroxyl groups excluding tert-OH is 1. The summed E-state index contributed by atoms with van der Waals surface area (Å²) in [5.74, 6) is -0.888. The van der Waals surface area contributed by atoms with Gasteiger partial charge in [-0.2, -0.15) is 0 Å². The van der Waals surface area contributed by atoms with E-state index in [1.165, 1.54) is 5.56 Å². The van der Waals surface area contributed by atoms with Gasteiger partial charge >= 0.3 is 5.97 Å². The van der Waals surface area contributed by atoms with E-state index in [1.54, 1.807) is 11.9 Å². The van der Waals surface area contributed by atoms with Crippen LogP contribution in [-0.4, -0.2) is 41.2 Å². The van der Waals surface area contributed by atoms with Crippen molar-refractivity contribution >= 4 is 5.97 Å². The molecule has 1 aromatic carbocycles. The van der Waals surface area contributed by atoms with E-state index in [4.69, 9.17) is 5.11 Å². The quantitative estimate of drug-likeness (QED) is 0.783. The third-order valence-electron chi connectivity index (χ3n) is 2.66. The highest BCUT2D eigenvalue weighted by Gasteiger charge is 2.12. The Labute approximate surface area is 101 Å². The van der Waals surface area contributed by atoms with Crippen molar-refractivity contribution in [2.45, 2.75) is 19.4 Å². The maximum Gasteiger partial charge on any atom is 0.317 e. The van der Waals surface area contributed by atoms with E-state index in [-0.39, 0.29) is 6.54 Å². The second-order valence-electron chi connectivity index (χ2n) is 4.20. The fourth-order valence-electron chi connectivity index (χ4n) is 1.67. The van der Waals surface area contributed by atoms with Gasteiger partial charge in [0.25, 0.3) is 0 Å². The molecule has 1 unspecified atom stereocenters. The van der Waals surface area contributed by atoms with Crippen LogP contribution in [0.3, 0.4) is 0 Å². The molecule has 0 radical (unpaired) electrons. The van der Waals surface area contributed by atoms with Gasteiger partial charge in [0.15, 0.2) is 0 Å². The first-order chi connectivity index (χ1) is 8.02.